The minimum Gasteiger partial charge on any atom is -0.479 e. The molecule has 1 fully saturated rings. The van der Waals surface area contributed by atoms with Crippen LogP contribution < -0.4 is 0 Å². The van der Waals surface area contributed by atoms with Gasteiger partial charge < -0.3 is 14.7 Å². The minimum atomic E-state index is -1.07. The zero-order valence-corrected chi connectivity index (χ0v) is 15.7. The van der Waals surface area contributed by atoms with Gasteiger partial charge in [-0.15, -0.1) is 11.3 Å². The topological polar surface area (TPSA) is 97.5 Å². The highest BCUT2D eigenvalue weighted by molar-refractivity contribution is 7.13. The van der Waals surface area contributed by atoms with Crippen LogP contribution in [0.25, 0.3) is 21.6 Å². The summed E-state index contributed by atoms with van der Waals surface area (Å²) in [5, 5.41) is 16.3. The largest absolute Gasteiger partial charge is 0.479 e. The number of rotatable bonds is 3. The van der Waals surface area contributed by atoms with Gasteiger partial charge in [-0.3, -0.25) is 9.48 Å². The number of aromatic nitrogens is 3. The van der Waals surface area contributed by atoms with Crippen molar-refractivity contribution in [1.82, 2.24) is 19.7 Å². The monoisotopic (exact) mass is 386 g/mol. The molecule has 1 N–H and O–H groups in total. The van der Waals surface area contributed by atoms with Crippen LogP contribution in [0.4, 0.5) is 0 Å². The Morgan fingerprint density at radius 2 is 2.22 bits per heavy atom. The van der Waals surface area contributed by atoms with E-state index in [1.165, 1.54) is 4.90 Å². The van der Waals surface area contributed by atoms with Crippen molar-refractivity contribution in [1.29, 1.82) is 0 Å². The van der Waals surface area contributed by atoms with E-state index in [1.807, 2.05) is 24.4 Å². The number of aryl methyl sites for hydroxylation is 2. The number of ether oxygens (including phenoxy) is 1. The summed E-state index contributed by atoms with van der Waals surface area (Å²) in [6.07, 6.45) is -1.01. The molecule has 1 amide bonds. The maximum absolute atomic E-state index is 13.3. The lowest BCUT2D eigenvalue weighted by Gasteiger charge is -2.31. The van der Waals surface area contributed by atoms with Gasteiger partial charge in [-0.05, 0) is 24.4 Å². The smallest absolute Gasteiger partial charge is 0.334 e. The fourth-order valence-corrected chi connectivity index (χ4v) is 4.00. The molecular weight excluding hydrogens is 368 g/mol. The van der Waals surface area contributed by atoms with Crippen LogP contribution in [0.3, 0.4) is 0 Å². The summed E-state index contributed by atoms with van der Waals surface area (Å²) in [5.74, 6) is -1.30. The van der Waals surface area contributed by atoms with Crippen LogP contribution in [0.5, 0.6) is 0 Å². The lowest BCUT2D eigenvalue weighted by molar-refractivity contribution is -0.154. The molecule has 4 heterocycles. The third kappa shape index (κ3) is 3.08. The molecule has 4 rings (SSSR count). The second-order valence-electron chi connectivity index (χ2n) is 6.39. The van der Waals surface area contributed by atoms with Gasteiger partial charge in [0.1, 0.15) is 0 Å². The molecule has 8 nitrogen and oxygen atoms in total. The van der Waals surface area contributed by atoms with Gasteiger partial charge in [0.05, 0.1) is 40.4 Å². The van der Waals surface area contributed by atoms with Gasteiger partial charge in [0.25, 0.3) is 5.91 Å². The van der Waals surface area contributed by atoms with Crippen LogP contribution in [-0.4, -0.2) is 62.4 Å². The van der Waals surface area contributed by atoms with Crippen molar-refractivity contribution in [2.24, 2.45) is 7.05 Å². The van der Waals surface area contributed by atoms with Crippen LogP contribution in [0, 0.1) is 6.92 Å². The molecule has 0 unspecified atom stereocenters. The molecule has 3 aromatic rings. The van der Waals surface area contributed by atoms with Gasteiger partial charge in [-0.25, -0.2) is 9.78 Å². The molecule has 0 saturated carbocycles. The van der Waals surface area contributed by atoms with Gasteiger partial charge in [-0.1, -0.05) is 6.07 Å². The van der Waals surface area contributed by atoms with Crippen molar-refractivity contribution >= 4 is 34.2 Å². The molecule has 0 aromatic carbocycles. The number of hydrogen-bond donors (Lipinski definition) is 1. The summed E-state index contributed by atoms with van der Waals surface area (Å²) >= 11 is 1.54. The van der Waals surface area contributed by atoms with E-state index in [4.69, 9.17) is 9.72 Å². The standard InChI is InChI=1S/C18H18N4O4S/c1-10-15-11(17(23)22-5-6-26-13(9-22)18(24)25)8-12(14-4-3-7-27-14)19-16(15)21(2)20-10/h3-4,7-8,13H,5-6,9H2,1-2H3,(H,24,25)/t13-/m1/s1. The number of carbonyl (C=O) groups is 2. The van der Waals surface area contributed by atoms with Gasteiger partial charge in [0.15, 0.2) is 11.8 Å². The van der Waals surface area contributed by atoms with Crippen molar-refractivity contribution in [2.75, 3.05) is 19.7 Å². The summed E-state index contributed by atoms with van der Waals surface area (Å²) in [7, 11) is 1.80. The molecule has 140 valence electrons. The molecule has 1 aliphatic rings. The van der Waals surface area contributed by atoms with E-state index in [-0.39, 0.29) is 19.1 Å². The highest BCUT2D eigenvalue weighted by atomic mass is 32.1. The number of pyridine rings is 1. The number of carboxylic acids is 1. The van der Waals surface area contributed by atoms with E-state index in [1.54, 1.807) is 29.1 Å². The zero-order chi connectivity index (χ0) is 19.1. The average Bonchev–Trinajstić information content (AvgIpc) is 3.29. The molecule has 1 aliphatic heterocycles. The fraction of sp³-hybridized carbons (Fsp3) is 0.333. The lowest BCUT2D eigenvalue weighted by Crippen LogP contribution is -2.48. The summed E-state index contributed by atoms with van der Waals surface area (Å²) in [6, 6.07) is 5.66. The van der Waals surface area contributed by atoms with Crippen molar-refractivity contribution in [2.45, 2.75) is 13.0 Å². The Labute approximate surface area is 159 Å². The first-order chi connectivity index (χ1) is 13.0. The second-order valence-corrected chi connectivity index (χ2v) is 7.34. The molecule has 0 bridgehead atoms. The number of nitrogens with zero attached hydrogens (tertiary/aromatic N) is 4. The first kappa shape index (κ1) is 17.6. The van der Waals surface area contributed by atoms with Crippen LogP contribution in [0.2, 0.25) is 0 Å². The predicted molar refractivity (Wildman–Crippen MR) is 99.8 cm³/mol. The molecule has 1 atom stereocenters. The van der Waals surface area contributed by atoms with E-state index in [9.17, 15) is 14.7 Å². The van der Waals surface area contributed by atoms with E-state index < -0.39 is 12.1 Å². The van der Waals surface area contributed by atoms with E-state index in [0.717, 1.165) is 4.88 Å². The van der Waals surface area contributed by atoms with Gasteiger partial charge in [-0.2, -0.15) is 5.10 Å². The number of fused-ring (bicyclic) bond motifs is 1. The van der Waals surface area contributed by atoms with Crippen LogP contribution in [0.1, 0.15) is 16.1 Å². The summed E-state index contributed by atoms with van der Waals surface area (Å²) < 4.78 is 6.90. The molecular formula is C18H18N4O4S. The van der Waals surface area contributed by atoms with E-state index in [2.05, 4.69) is 5.10 Å². The number of carbonyl (C=O) groups excluding carboxylic acids is 1. The Kier molecular flexibility index (Phi) is 4.40. The maximum atomic E-state index is 13.3. The first-order valence-electron chi connectivity index (χ1n) is 8.47. The van der Waals surface area contributed by atoms with Crippen LogP contribution >= 0.6 is 11.3 Å². The summed E-state index contributed by atoms with van der Waals surface area (Å²) in [4.78, 5) is 31.7. The Balaban J connectivity index is 1.82. The zero-order valence-electron chi connectivity index (χ0n) is 14.9. The number of aliphatic carboxylic acids is 1. The highest BCUT2D eigenvalue weighted by Crippen LogP contribution is 2.30. The van der Waals surface area contributed by atoms with Gasteiger partial charge in [0.2, 0.25) is 0 Å². The number of thiophene rings is 1. The molecule has 27 heavy (non-hydrogen) atoms. The Morgan fingerprint density at radius 1 is 1.41 bits per heavy atom. The molecule has 0 radical (unpaired) electrons. The lowest BCUT2D eigenvalue weighted by atomic mass is 10.1. The SMILES string of the molecule is Cc1nn(C)c2nc(-c3cccs3)cc(C(=O)N3CCO[C@@H](C(=O)O)C3)c12. The van der Waals surface area contributed by atoms with Crippen LogP contribution in [-0.2, 0) is 16.6 Å². The number of hydrogen-bond acceptors (Lipinski definition) is 6. The predicted octanol–water partition coefficient (Wildman–Crippen LogP) is 1.93. The average molecular weight is 386 g/mol. The van der Waals surface area contributed by atoms with Gasteiger partial charge in [0, 0.05) is 13.6 Å². The normalized spacial score (nSPS) is 17.4. The molecule has 1 saturated heterocycles. The number of morpholine rings is 1. The Bertz CT molecular complexity index is 1030. The third-order valence-electron chi connectivity index (χ3n) is 4.60. The van der Waals surface area contributed by atoms with Crippen molar-refractivity contribution in [3.63, 3.8) is 0 Å². The van der Waals surface area contributed by atoms with E-state index >= 15 is 0 Å². The molecule has 0 spiro atoms. The maximum Gasteiger partial charge on any atom is 0.334 e. The van der Waals surface area contributed by atoms with Crippen molar-refractivity contribution < 1.29 is 19.4 Å². The fourth-order valence-electron chi connectivity index (χ4n) is 3.32. The number of amides is 1. The van der Waals surface area contributed by atoms with E-state index in [0.29, 0.717) is 34.5 Å². The Morgan fingerprint density at radius 3 is 2.93 bits per heavy atom. The Hall–Kier alpha value is -2.78. The van der Waals surface area contributed by atoms with Gasteiger partial charge >= 0.3 is 5.97 Å². The van der Waals surface area contributed by atoms with Crippen molar-refractivity contribution in [3.05, 3.63) is 34.8 Å². The summed E-state index contributed by atoms with van der Waals surface area (Å²) in [5.41, 5.74) is 2.53. The molecule has 0 aliphatic carbocycles. The number of carboxylic acid groups (broad SMARTS) is 1. The second kappa shape index (κ2) is 6.75. The summed E-state index contributed by atoms with van der Waals surface area (Å²) in [6.45, 7) is 2.40. The molecule has 9 heteroatoms. The first-order valence-corrected chi connectivity index (χ1v) is 9.35. The van der Waals surface area contributed by atoms with Crippen molar-refractivity contribution in [3.8, 4) is 10.6 Å². The minimum absolute atomic E-state index is 0.0195. The highest BCUT2D eigenvalue weighted by Gasteiger charge is 2.31. The molecule has 3 aromatic heterocycles. The third-order valence-corrected chi connectivity index (χ3v) is 5.49. The van der Waals surface area contributed by atoms with Crippen LogP contribution in [0.15, 0.2) is 23.6 Å². The quantitative estimate of drug-likeness (QED) is 0.739.